The van der Waals surface area contributed by atoms with Crippen LogP contribution in [0.15, 0.2) is 36.4 Å². The van der Waals surface area contributed by atoms with Gasteiger partial charge in [-0.25, -0.2) is 0 Å². The van der Waals surface area contributed by atoms with Crippen LogP contribution in [-0.2, 0) is 4.79 Å². The Hall–Kier alpha value is -1.61. The Bertz CT molecular complexity index is 331. The summed E-state index contributed by atoms with van der Waals surface area (Å²) in [5.41, 5.74) is 6.51. The highest BCUT2D eigenvalue weighted by Gasteiger charge is 2.03. The van der Waals surface area contributed by atoms with E-state index in [-0.39, 0.29) is 5.91 Å². The number of hydrogen-bond donors (Lipinski definition) is 2. The van der Waals surface area contributed by atoms with Crippen LogP contribution in [0.3, 0.4) is 0 Å². The SMILES string of the molecule is C[C@@H](N)C(=O)NC/C=C\c1ccccc1. The summed E-state index contributed by atoms with van der Waals surface area (Å²) in [5, 5.41) is 2.70. The van der Waals surface area contributed by atoms with E-state index in [4.69, 9.17) is 5.73 Å². The second-order valence-electron chi connectivity index (χ2n) is 3.35. The van der Waals surface area contributed by atoms with E-state index in [1.165, 1.54) is 0 Å². The lowest BCUT2D eigenvalue weighted by atomic mass is 10.2. The first-order valence-corrected chi connectivity index (χ1v) is 4.95. The molecule has 0 spiro atoms. The number of carbonyl (C=O) groups excluding carboxylic acids is 1. The van der Waals surface area contributed by atoms with E-state index in [0.29, 0.717) is 6.54 Å². The number of nitrogens with one attached hydrogen (secondary N) is 1. The average Bonchev–Trinajstić information content (AvgIpc) is 2.25. The number of hydrogen-bond acceptors (Lipinski definition) is 2. The van der Waals surface area contributed by atoms with Crippen LogP contribution in [0, 0.1) is 0 Å². The summed E-state index contributed by atoms with van der Waals surface area (Å²) in [6.07, 6.45) is 3.86. The zero-order valence-corrected chi connectivity index (χ0v) is 8.81. The Morgan fingerprint density at radius 1 is 1.47 bits per heavy atom. The molecule has 1 atom stereocenters. The molecule has 3 nitrogen and oxygen atoms in total. The Labute approximate surface area is 90.0 Å². The van der Waals surface area contributed by atoms with E-state index < -0.39 is 6.04 Å². The fourth-order valence-corrected chi connectivity index (χ4v) is 1.08. The van der Waals surface area contributed by atoms with Crippen molar-refractivity contribution in [3.63, 3.8) is 0 Å². The second-order valence-corrected chi connectivity index (χ2v) is 3.35. The van der Waals surface area contributed by atoms with Crippen LogP contribution < -0.4 is 11.1 Å². The predicted octanol–water partition coefficient (Wildman–Crippen LogP) is 1.16. The van der Waals surface area contributed by atoms with E-state index in [1.54, 1.807) is 6.92 Å². The third-order valence-electron chi connectivity index (χ3n) is 1.92. The van der Waals surface area contributed by atoms with Crippen molar-refractivity contribution in [2.45, 2.75) is 13.0 Å². The molecular formula is C12H16N2O. The third-order valence-corrected chi connectivity index (χ3v) is 1.92. The molecule has 1 rings (SSSR count). The molecule has 0 saturated heterocycles. The van der Waals surface area contributed by atoms with Gasteiger partial charge in [0.15, 0.2) is 0 Å². The summed E-state index contributed by atoms with van der Waals surface area (Å²) in [5.74, 6) is -0.132. The molecule has 0 aromatic heterocycles. The van der Waals surface area contributed by atoms with E-state index >= 15 is 0 Å². The van der Waals surface area contributed by atoms with Gasteiger partial charge in [-0.1, -0.05) is 42.5 Å². The van der Waals surface area contributed by atoms with Crippen molar-refractivity contribution < 1.29 is 4.79 Å². The fourth-order valence-electron chi connectivity index (χ4n) is 1.08. The maximum atomic E-state index is 11.1. The molecule has 0 bridgehead atoms. The van der Waals surface area contributed by atoms with Crippen LogP contribution in [0.5, 0.6) is 0 Å². The van der Waals surface area contributed by atoms with Gasteiger partial charge in [-0.2, -0.15) is 0 Å². The molecule has 1 aromatic rings. The summed E-state index contributed by atoms with van der Waals surface area (Å²) < 4.78 is 0. The molecule has 80 valence electrons. The maximum absolute atomic E-state index is 11.1. The van der Waals surface area contributed by atoms with Gasteiger partial charge in [0.05, 0.1) is 6.04 Å². The Morgan fingerprint density at radius 3 is 2.73 bits per heavy atom. The highest BCUT2D eigenvalue weighted by molar-refractivity contribution is 5.81. The Morgan fingerprint density at radius 2 is 2.13 bits per heavy atom. The minimum absolute atomic E-state index is 0.132. The number of rotatable bonds is 4. The standard InChI is InChI=1S/C12H16N2O/c1-10(13)12(15)14-9-5-8-11-6-3-2-4-7-11/h2-8,10H,9,13H2,1H3,(H,14,15)/b8-5-/t10-/m1/s1. The summed E-state index contributed by atoms with van der Waals surface area (Å²) in [4.78, 5) is 11.1. The largest absolute Gasteiger partial charge is 0.351 e. The molecular weight excluding hydrogens is 188 g/mol. The first-order chi connectivity index (χ1) is 7.20. The topological polar surface area (TPSA) is 55.1 Å². The van der Waals surface area contributed by atoms with Crippen molar-refractivity contribution in [2.24, 2.45) is 5.73 Å². The predicted molar refractivity (Wildman–Crippen MR) is 62.1 cm³/mol. The summed E-state index contributed by atoms with van der Waals surface area (Å²) >= 11 is 0. The van der Waals surface area contributed by atoms with Gasteiger partial charge in [0.2, 0.25) is 5.91 Å². The molecule has 3 heteroatoms. The molecule has 15 heavy (non-hydrogen) atoms. The van der Waals surface area contributed by atoms with Crippen LogP contribution in [0.4, 0.5) is 0 Å². The molecule has 0 radical (unpaired) electrons. The van der Waals surface area contributed by atoms with Crippen LogP contribution in [0.25, 0.3) is 6.08 Å². The van der Waals surface area contributed by atoms with Crippen molar-refractivity contribution in [2.75, 3.05) is 6.54 Å². The molecule has 0 fully saturated rings. The zero-order chi connectivity index (χ0) is 11.1. The van der Waals surface area contributed by atoms with Crippen molar-refractivity contribution in [3.8, 4) is 0 Å². The van der Waals surface area contributed by atoms with Gasteiger partial charge in [-0.3, -0.25) is 4.79 Å². The molecule has 0 saturated carbocycles. The Balaban J connectivity index is 2.32. The van der Waals surface area contributed by atoms with E-state index in [9.17, 15) is 4.79 Å². The molecule has 0 unspecified atom stereocenters. The van der Waals surface area contributed by atoms with Crippen LogP contribution in [-0.4, -0.2) is 18.5 Å². The van der Waals surface area contributed by atoms with Crippen molar-refractivity contribution in [3.05, 3.63) is 42.0 Å². The summed E-state index contributed by atoms with van der Waals surface area (Å²) in [6.45, 7) is 2.17. The van der Waals surface area contributed by atoms with Crippen LogP contribution in [0.2, 0.25) is 0 Å². The molecule has 0 aliphatic heterocycles. The number of amides is 1. The average molecular weight is 204 g/mol. The highest BCUT2D eigenvalue weighted by Crippen LogP contribution is 1.99. The first-order valence-electron chi connectivity index (χ1n) is 4.95. The molecule has 1 amide bonds. The second kappa shape index (κ2) is 5.98. The smallest absolute Gasteiger partial charge is 0.236 e. The summed E-state index contributed by atoms with van der Waals surface area (Å²) in [7, 11) is 0. The highest BCUT2D eigenvalue weighted by atomic mass is 16.2. The zero-order valence-electron chi connectivity index (χ0n) is 8.81. The van der Waals surface area contributed by atoms with Crippen molar-refractivity contribution in [1.82, 2.24) is 5.32 Å². The van der Waals surface area contributed by atoms with E-state index in [0.717, 1.165) is 5.56 Å². The van der Waals surface area contributed by atoms with Gasteiger partial charge in [0, 0.05) is 6.54 Å². The van der Waals surface area contributed by atoms with E-state index in [1.807, 2.05) is 42.5 Å². The van der Waals surface area contributed by atoms with Crippen LogP contribution in [0.1, 0.15) is 12.5 Å². The van der Waals surface area contributed by atoms with Gasteiger partial charge in [0.1, 0.15) is 0 Å². The first kappa shape index (κ1) is 11.5. The minimum Gasteiger partial charge on any atom is -0.351 e. The Kier molecular flexibility index (Phi) is 4.57. The maximum Gasteiger partial charge on any atom is 0.236 e. The monoisotopic (exact) mass is 204 g/mol. The van der Waals surface area contributed by atoms with Gasteiger partial charge >= 0.3 is 0 Å². The minimum atomic E-state index is -0.449. The van der Waals surface area contributed by atoms with Gasteiger partial charge in [-0.15, -0.1) is 0 Å². The molecule has 0 heterocycles. The van der Waals surface area contributed by atoms with Gasteiger partial charge < -0.3 is 11.1 Å². The number of carbonyl (C=O) groups is 1. The lowest BCUT2D eigenvalue weighted by Crippen LogP contribution is -2.38. The van der Waals surface area contributed by atoms with Gasteiger partial charge in [0.25, 0.3) is 0 Å². The van der Waals surface area contributed by atoms with Crippen molar-refractivity contribution in [1.29, 1.82) is 0 Å². The van der Waals surface area contributed by atoms with Crippen LogP contribution >= 0.6 is 0 Å². The molecule has 0 aliphatic rings. The normalized spacial score (nSPS) is 12.7. The molecule has 0 aliphatic carbocycles. The number of benzene rings is 1. The summed E-state index contributed by atoms with van der Waals surface area (Å²) in [6, 6.07) is 9.47. The van der Waals surface area contributed by atoms with Crippen molar-refractivity contribution >= 4 is 12.0 Å². The number of nitrogens with two attached hydrogens (primary N) is 1. The molecule has 3 N–H and O–H groups in total. The van der Waals surface area contributed by atoms with Gasteiger partial charge in [-0.05, 0) is 12.5 Å². The fraction of sp³-hybridized carbons (Fsp3) is 0.250. The lowest BCUT2D eigenvalue weighted by Gasteiger charge is -2.04. The molecule has 1 aromatic carbocycles. The van der Waals surface area contributed by atoms with E-state index in [2.05, 4.69) is 5.32 Å². The third kappa shape index (κ3) is 4.42. The quantitative estimate of drug-likeness (QED) is 0.773. The lowest BCUT2D eigenvalue weighted by molar-refractivity contribution is -0.121.